The molecule has 1 aromatic carbocycles. The van der Waals surface area contributed by atoms with Crippen molar-refractivity contribution in [3.8, 4) is 11.1 Å². The summed E-state index contributed by atoms with van der Waals surface area (Å²) in [4.78, 5) is 28.6. The number of rotatable bonds is 3. The van der Waals surface area contributed by atoms with Crippen LogP contribution in [0.1, 0.15) is 17.5 Å². The number of hydrogen-bond donors (Lipinski definition) is 1. The highest BCUT2D eigenvalue weighted by Gasteiger charge is 2.20. The highest BCUT2D eigenvalue weighted by molar-refractivity contribution is 5.96. The average molecular weight is 295 g/mol. The summed E-state index contributed by atoms with van der Waals surface area (Å²) in [6.07, 6.45) is 4.89. The van der Waals surface area contributed by atoms with Gasteiger partial charge in [0, 0.05) is 37.1 Å². The van der Waals surface area contributed by atoms with Crippen LogP contribution < -0.4 is 10.6 Å². The maximum atomic E-state index is 11.7. The van der Waals surface area contributed by atoms with Crippen LogP contribution in [0.15, 0.2) is 36.7 Å². The predicted molar refractivity (Wildman–Crippen MR) is 84.3 cm³/mol. The maximum absolute atomic E-state index is 11.7. The molecule has 5 heteroatoms. The summed E-state index contributed by atoms with van der Waals surface area (Å²) >= 11 is 0. The Labute approximate surface area is 128 Å². The van der Waals surface area contributed by atoms with Gasteiger partial charge in [-0.15, -0.1) is 0 Å². The summed E-state index contributed by atoms with van der Waals surface area (Å²) in [6, 6.07) is 7.95. The average Bonchev–Trinajstić information content (AvgIpc) is 2.50. The fourth-order valence-electron chi connectivity index (χ4n) is 2.78. The van der Waals surface area contributed by atoms with Gasteiger partial charge < -0.3 is 10.6 Å². The number of hydrogen-bond acceptors (Lipinski definition) is 3. The van der Waals surface area contributed by atoms with Gasteiger partial charge in [0.1, 0.15) is 0 Å². The van der Waals surface area contributed by atoms with E-state index in [4.69, 9.17) is 5.73 Å². The Morgan fingerprint density at radius 1 is 1.23 bits per heavy atom. The lowest BCUT2D eigenvalue weighted by molar-refractivity contribution is -0.119. The summed E-state index contributed by atoms with van der Waals surface area (Å²) in [6.45, 7) is 0. The monoisotopic (exact) mass is 295 g/mol. The molecule has 5 nitrogen and oxygen atoms in total. The molecule has 0 saturated carbocycles. The molecule has 1 aliphatic heterocycles. The second-order valence-corrected chi connectivity index (χ2v) is 5.52. The third kappa shape index (κ3) is 2.70. The molecule has 2 aromatic rings. The first kappa shape index (κ1) is 14.3. The number of benzene rings is 1. The van der Waals surface area contributed by atoms with E-state index < -0.39 is 0 Å². The molecule has 3 rings (SSSR count). The van der Waals surface area contributed by atoms with Gasteiger partial charge in [-0.1, -0.05) is 6.07 Å². The molecular weight excluding hydrogens is 278 g/mol. The lowest BCUT2D eigenvalue weighted by Gasteiger charge is -2.26. The Hall–Kier alpha value is -2.69. The van der Waals surface area contributed by atoms with Crippen LogP contribution in [-0.2, 0) is 22.4 Å². The van der Waals surface area contributed by atoms with Gasteiger partial charge in [-0.2, -0.15) is 0 Å². The number of anilines is 1. The quantitative estimate of drug-likeness (QED) is 0.936. The van der Waals surface area contributed by atoms with E-state index >= 15 is 0 Å². The Balaban J connectivity index is 1.96. The van der Waals surface area contributed by atoms with Gasteiger partial charge in [0.05, 0.1) is 6.42 Å². The van der Waals surface area contributed by atoms with Crippen LogP contribution in [-0.4, -0.2) is 23.8 Å². The van der Waals surface area contributed by atoms with Crippen LogP contribution >= 0.6 is 0 Å². The highest BCUT2D eigenvalue weighted by atomic mass is 16.2. The van der Waals surface area contributed by atoms with Gasteiger partial charge in [0.2, 0.25) is 11.8 Å². The second kappa shape index (κ2) is 5.60. The van der Waals surface area contributed by atoms with Crippen molar-refractivity contribution in [3.05, 3.63) is 47.8 Å². The number of pyridine rings is 1. The van der Waals surface area contributed by atoms with E-state index in [1.165, 1.54) is 0 Å². The zero-order chi connectivity index (χ0) is 15.7. The summed E-state index contributed by atoms with van der Waals surface area (Å²) < 4.78 is 0. The van der Waals surface area contributed by atoms with Crippen LogP contribution in [0.4, 0.5) is 5.69 Å². The van der Waals surface area contributed by atoms with Crippen molar-refractivity contribution >= 4 is 17.5 Å². The molecule has 112 valence electrons. The minimum absolute atomic E-state index is 0.144. The SMILES string of the molecule is CN1C(=O)CCc2cc(-c3cncc(CC(N)=O)c3)ccc21. The minimum Gasteiger partial charge on any atom is -0.369 e. The van der Waals surface area contributed by atoms with E-state index in [0.717, 1.165) is 34.4 Å². The molecular formula is C17H17N3O2. The lowest BCUT2D eigenvalue weighted by atomic mass is 9.96. The van der Waals surface area contributed by atoms with Crippen LogP contribution in [0.5, 0.6) is 0 Å². The predicted octanol–water partition coefficient (Wildman–Crippen LogP) is 1.69. The molecule has 0 bridgehead atoms. The van der Waals surface area contributed by atoms with Crippen molar-refractivity contribution in [2.45, 2.75) is 19.3 Å². The molecule has 1 aliphatic rings. The third-order valence-corrected chi connectivity index (χ3v) is 3.93. The van der Waals surface area contributed by atoms with Crippen molar-refractivity contribution in [3.63, 3.8) is 0 Å². The minimum atomic E-state index is -0.371. The van der Waals surface area contributed by atoms with Crippen molar-refractivity contribution in [1.29, 1.82) is 0 Å². The van der Waals surface area contributed by atoms with Crippen LogP contribution in [0.3, 0.4) is 0 Å². The molecule has 2 amide bonds. The Morgan fingerprint density at radius 3 is 2.82 bits per heavy atom. The molecule has 0 spiro atoms. The molecule has 0 aliphatic carbocycles. The van der Waals surface area contributed by atoms with E-state index in [9.17, 15) is 9.59 Å². The number of primary amides is 1. The molecule has 0 radical (unpaired) electrons. The van der Waals surface area contributed by atoms with Gasteiger partial charge in [-0.25, -0.2) is 0 Å². The number of nitrogens with zero attached hydrogens (tertiary/aromatic N) is 2. The largest absolute Gasteiger partial charge is 0.369 e. The summed E-state index contributed by atoms with van der Waals surface area (Å²) in [5.41, 5.74) is 10.1. The van der Waals surface area contributed by atoms with Gasteiger partial charge in [0.15, 0.2) is 0 Å². The number of carbonyl (C=O) groups excluding carboxylic acids is 2. The Morgan fingerprint density at radius 2 is 2.05 bits per heavy atom. The van der Waals surface area contributed by atoms with Crippen LogP contribution in [0, 0.1) is 0 Å². The first-order valence-corrected chi connectivity index (χ1v) is 7.16. The number of fused-ring (bicyclic) bond motifs is 1. The second-order valence-electron chi connectivity index (χ2n) is 5.52. The van der Waals surface area contributed by atoms with E-state index in [-0.39, 0.29) is 18.2 Å². The number of nitrogens with two attached hydrogens (primary N) is 1. The van der Waals surface area contributed by atoms with Crippen molar-refractivity contribution < 1.29 is 9.59 Å². The lowest BCUT2D eigenvalue weighted by Crippen LogP contribution is -2.30. The molecule has 0 fully saturated rings. The van der Waals surface area contributed by atoms with Gasteiger partial charge >= 0.3 is 0 Å². The number of aromatic nitrogens is 1. The maximum Gasteiger partial charge on any atom is 0.227 e. The molecule has 22 heavy (non-hydrogen) atoms. The summed E-state index contributed by atoms with van der Waals surface area (Å²) in [7, 11) is 1.80. The zero-order valence-electron chi connectivity index (χ0n) is 12.4. The van der Waals surface area contributed by atoms with E-state index in [1.54, 1.807) is 24.3 Å². The van der Waals surface area contributed by atoms with E-state index in [0.29, 0.717) is 6.42 Å². The third-order valence-electron chi connectivity index (χ3n) is 3.93. The summed E-state index contributed by atoms with van der Waals surface area (Å²) in [5.74, 6) is -0.227. The first-order valence-electron chi connectivity index (χ1n) is 7.16. The Kier molecular flexibility index (Phi) is 3.63. The molecule has 0 atom stereocenters. The van der Waals surface area contributed by atoms with Crippen molar-refractivity contribution in [2.24, 2.45) is 5.73 Å². The molecule has 0 saturated heterocycles. The smallest absolute Gasteiger partial charge is 0.227 e. The number of carbonyl (C=O) groups is 2. The zero-order valence-corrected chi connectivity index (χ0v) is 12.4. The van der Waals surface area contributed by atoms with Crippen molar-refractivity contribution in [2.75, 3.05) is 11.9 Å². The fourth-order valence-corrected chi connectivity index (χ4v) is 2.78. The van der Waals surface area contributed by atoms with E-state index in [2.05, 4.69) is 11.1 Å². The highest BCUT2D eigenvalue weighted by Crippen LogP contribution is 2.31. The van der Waals surface area contributed by atoms with Gasteiger partial charge in [0.25, 0.3) is 0 Å². The Bertz CT molecular complexity index is 755. The molecule has 2 N–H and O–H groups in total. The first-order chi connectivity index (χ1) is 10.5. The topological polar surface area (TPSA) is 76.3 Å². The van der Waals surface area contributed by atoms with Crippen LogP contribution in [0.25, 0.3) is 11.1 Å². The molecule has 0 unspecified atom stereocenters. The molecule has 1 aromatic heterocycles. The van der Waals surface area contributed by atoms with Gasteiger partial charge in [-0.3, -0.25) is 14.6 Å². The van der Waals surface area contributed by atoms with E-state index in [1.807, 2.05) is 18.2 Å². The van der Waals surface area contributed by atoms with Crippen LogP contribution in [0.2, 0.25) is 0 Å². The standard InChI is InChI=1S/C17H17N3O2/c1-20-15-4-2-12(8-13(15)3-5-17(20)22)14-6-11(7-16(18)21)9-19-10-14/h2,4,6,8-10H,3,5,7H2,1H3,(H2,18,21). The number of amides is 2. The summed E-state index contributed by atoms with van der Waals surface area (Å²) in [5, 5.41) is 0. The fraction of sp³-hybridized carbons (Fsp3) is 0.235. The van der Waals surface area contributed by atoms with Crippen molar-refractivity contribution in [1.82, 2.24) is 4.98 Å². The normalized spacial score (nSPS) is 13.9. The van der Waals surface area contributed by atoms with Gasteiger partial charge in [-0.05, 0) is 41.3 Å². The molecule has 2 heterocycles. The number of aryl methyl sites for hydroxylation is 1.